The number of fused-ring (bicyclic) bond motifs is 3. The number of rotatable bonds is 4. The summed E-state index contributed by atoms with van der Waals surface area (Å²) in [4.78, 5) is 17.7. The number of benzene rings is 2. The van der Waals surface area contributed by atoms with Crippen LogP contribution in [0.5, 0.6) is 5.75 Å². The van der Waals surface area contributed by atoms with E-state index < -0.39 is 0 Å². The summed E-state index contributed by atoms with van der Waals surface area (Å²) in [7, 11) is 0. The van der Waals surface area contributed by atoms with Crippen LogP contribution in [0.25, 0.3) is 22.9 Å². The van der Waals surface area contributed by atoms with Crippen molar-refractivity contribution in [3.63, 3.8) is 0 Å². The number of para-hydroxylation sites is 2. The van der Waals surface area contributed by atoms with E-state index in [9.17, 15) is 10.1 Å². The van der Waals surface area contributed by atoms with Crippen LogP contribution in [-0.4, -0.2) is 16.0 Å². The average Bonchev–Trinajstić information content (AvgIpc) is 3.09. The van der Waals surface area contributed by atoms with Gasteiger partial charge in [-0.25, -0.2) is 4.98 Å². The molecule has 0 amide bonds. The van der Waals surface area contributed by atoms with Gasteiger partial charge in [-0.05, 0) is 55.8 Å². The molecule has 0 unspecified atom stereocenters. The Balaban J connectivity index is 1.89. The minimum atomic E-state index is -0.210. The normalized spacial score (nSPS) is 11.7. The lowest BCUT2D eigenvalue weighted by Gasteiger charge is -2.06. The van der Waals surface area contributed by atoms with Crippen LogP contribution in [0.15, 0.2) is 53.3 Å². The minimum absolute atomic E-state index is 0.210. The Morgan fingerprint density at radius 2 is 1.96 bits per heavy atom. The molecule has 28 heavy (non-hydrogen) atoms. The first-order valence-corrected chi connectivity index (χ1v) is 8.97. The fraction of sp³-hybridized carbons (Fsp3) is 0.136. The first-order chi connectivity index (χ1) is 13.6. The van der Waals surface area contributed by atoms with Gasteiger partial charge in [0.15, 0.2) is 5.65 Å². The van der Waals surface area contributed by atoms with Crippen LogP contribution in [0.1, 0.15) is 18.1 Å². The Bertz CT molecular complexity index is 1330. The molecular formula is C22H18N4O2. The van der Waals surface area contributed by atoms with Crippen LogP contribution in [0.3, 0.4) is 0 Å². The van der Waals surface area contributed by atoms with Gasteiger partial charge in [0.25, 0.3) is 5.56 Å². The summed E-state index contributed by atoms with van der Waals surface area (Å²) < 4.78 is 6.94. The van der Waals surface area contributed by atoms with Gasteiger partial charge in [0.05, 0.1) is 28.4 Å². The lowest BCUT2D eigenvalue weighted by Crippen LogP contribution is -2.34. The number of ether oxygens (including phenoxy) is 1. The number of aromatic nitrogens is 2. The molecule has 4 aromatic rings. The summed E-state index contributed by atoms with van der Waals surface area (Å²) in [5.74, 6) is 0.784. The lowest BCUT2D eigenvalue weighted by atomic mass is 10.1. The Morgan fingerprint density at radius 1 is 1.21 bits per heavy atom. The van der Waals surface area contributed by atoms with E-state index in [1.165, 1.54) is 4.40 Å². The fourth-order valence-electron chi connectivity index (χ4n) is 3.26. The fourth-order valence-corrected chi connectivity index (χ4v) is 3.26. The molecule has 6 nitrogen and oxygen atoms in total. The summed E-state index contributed by atoms with van der Waals surface area (Å²) in [5.41, 5.74) is 3.38. The van der Waals surface area contributed by atoms with Gasteiger partial charge in [0, 0.05) is 11.9 Å². The maximum Gasteiger partial charge on any atom is 0.265 e. The van der Waals surface area contributed by atoms with Gasteiger partial charge in [-0.3, -0.25) is 9.20 Å². The molecule has 0 radical (unpaired) electrons. The van der Waals surface area contributed by atoms with Gasteiger partial charge in [0.1, 0.15) is 11.8 Å². The van der Waals surface area contributed by atoms with Crippen LogP contribution < -0.4 is 20.8 Å². The van der Waals surface area contributed by atoms with Crippen LogP contribution in [0.4, 0.5) is 5.69 Å². The maximum atomic E-state index is 13.2. The predicted octanol–water partition coefficient (Wildman–Crippen LogP) is 3.00. The molecule has 0 bridgehead atoms. The second-order valence-corrected chi connectivity index (χ2v) is 6.34. The number of nitrogens with one attached hydrogen (secondary N) is 1. The zero-order valence-electron chi connectivity index (χ0n) is 15.6. The number of pyridine rings is 1. The summed E-state index contributed by atoms with van der Waals surface area (Å²) in [6, 6.07) is 17.0. The molecule has 2 heterocycles. The van der Waals surface area contributed by atoms with E-state index in [1.807, 2.05) is 55.5 Å². The van der Waals surface area contributed by atoms with Crippen LogP contribution >= 0.6 is 0 Å². The molecule has 2 aromatic heterocycles. The van der Waals surface area contributed by atoms with Gasteiger partial charge in [-0.15, -0.1) is 0 Å². The molecular weight excluding hydrogens is 352 g/mol. The van der Waals surface area contributed by atoms with Gasteiger partial charge in [0.2, 0.25) is 0 Å². The van der Waals surface area contributed by atoms with Crippen molar-refractivity contribution in [2.45, 2.75) is 13.8 Å². The molecule has 0 spiro atoms. The first kappa shape index (κ1) is 17.6. The number of hydrogen-bond donors (Lipinski definition) is 1. The number of nitriles is 1. The maximum absolute atomic E-state index is 13.2. The third kappa shape index (κ3) is 2.83. The van der Waals surface area contributed by atoms with Crippen LogP contribution in [0, 0.1) is 18.3 Å². The van der Waals surface area contributed by atoms with Crippen LogP contribution in [-0.2, 0) is 0 Å². The Hall–Kier alpha value is -3.85. The molecule has 0 aliphatic heterocycles. The summed E-state index contributed by atoms with van der Waals surface area (Å²) in [5, 5.41) is 13.2. The molecule has 0 atom stereocenters. The van der Waals surface area contributed by atoms with Crippen molar-refractivity contribution in [2.24, 2.45) is 0 Å². The van der Waals surface area contributed by atoms with Gasteiger partial charge < -0.3 is 10.1 Å². The quantitative estimate of drug-likeness (QED) is 0.597. The Kier molecular flexibility index (Phi) is 4.42. The standard InChI is InChI=1S/C22H18N4O2/c1-3-28-16-10-8-15(9-11-16)24-13-18-14(2)17(12-23)21-25-19-6-4-5-7-20(19)26(21)22(18)27/h4-11,13,24H,3H2,1-2H3. The second-order valence-electron chi connectivity index (χ2n) is 6.34. The monoisotopic (exact) mass is 370 g/mol. The first-order valence-electron chi connectivity index (χ1n) is 8.97. The SMILES string of the molecule is CCOc1ccc(NC=c2c(C)c(C#N)c3nc4ccccc4n3c2=O)cc1. The van der Waals surface area contributed by atoms with Crippen LogP contribution in [0.2, 0.25) is 0 Å². The van der Waals surface area contributed by atoms with Crippen molar-refractivity contribution in [2.75, 3.05) is 11.9 Å². The predicted molar refractivity (Wildman–Crippen MR) is 109 cm³/mol. The number of anilines is 1. The molecule has 0 saturated heterocycles. The topological polar surface area (TPSA) is 79.4 Å². The highest BCUT2D eigenvalue weighted by Crippen LogP contribution is 2.18. The van der Waals surface area contributed by atoms with Crippen molar-refractivity contribution in [1.82, 2.24) is 9.38 Å². The minimum Gasteiger partial charge on any atom is -0.494 e. The van der Waals surface area contributed by atoms with E-state index in [0.29, 0.717) is 39.6 Å². The van der Waals surface area contributed by atoms with Gasteiger partial charge >= 0.3 is 0 Å². The molecule has 6 heteroatoms. The van der Waals surface area contributed by atoms with E-state index >= 15 is 0 Å². The highest BCUT2D eigenvalue weighted by Gasteiger charge is 2.15. The van der Waals surface area contributed by atoms with Crippen molar-refractivity contribution in [3.8, 4) is 11.8 Å². The molecule has 4 rings (SSSR count). The Labute approximate surface area is 161 Å². The zero-order valence-corrected chi connectivity index (χ0v) is 15.6. The average molecular weight is 370 g/mol. The molecule has 2 aromatic carbocycles. The highest BCUT2D eigenvalue weighted by atomic mass is 16.5. The molecule has 0 aliphatic rings. The largest absolute Gasteiger partial charge is 0.494 e. The van der Waals surface area contributed by atoms with Crippen molar-refractivity contribution < 1.29 is 4.74 Å². The van der Waals surface area contributed by atoms with Gasteiger partial charge in [-0.1, -0.05) is 12.1 Å². The molecule has 0 aliphatic carbocycles. The smallest absolute Gasteiger partial charge is 0.265 e. The summed E-state index contributed by atoms with van der Waals surface area (Å²) in [6.45, 7) is 4.31. The Morgan fingerprint density at radius 3 is 2.68 bits per heavy atom. The summed E-state index contributed by atoms with van der Waals surface area (Å²) >= 11 is 0. The van der Waals surface area contributed by atoms with E-state index in [-0.39, 0.29) is 5.56 Å². The molecule has 0 saturated carbocycles. The number of nitrogens with zero attached hydrogens (tertiary/aromatic N) is 3. The van der Waals surface area contributed by atoms with E-state index in [1.54, 1.807) is 13.1 Å². The van der Waals surface area contributed by atoms with Crippen molar-refractivity contribution >= 4 is 28.6 Å². The highest BCUT2D eigenvalue weighted by molar-refractivity contribution is 5.82. The molecule has 1 N–H and O–H groups in total. The second kappa shape index (κ2) is 7.05. The van der Waals surface area contributed by atoms with Gasteiger partial charge in [-0.2, -0.15) is 5.26 Å². The third-order valence-corrected chi connectivity index (χ3v) is 4.66. The van der Waals surface area contributed by atoms with E-state index in [4.69, 9.17) is 4.74 Å². The summed E-state index contributed by atoms with van der Waals surface area (Å²) in [6.07, 6.45) is 1.64. The molecule has 138 valence electrons. The number of imidazole rings is 1. The zero-order chi connectivity index (χ0) is 19.7. The third-order valence-electron chi connectivity index (χ3n) is 4.66. The van der Waals surface area contributed by atoms with E-state index in [0.717, 1.165) is 11.4 Å². The molecule has 0 fully saturated rings. The van der Waals surface area contributed by atoms with Crippen molar-refractivity contribution in [3.05, 3.63) is 75.2 Å². The number of hydrogen-bond acceptors (Lipinski definition) is 5. The lowest BCUT2D eigenvalue weighted by molar-refractivity contribution is 0.340. The van der Waals surface area contributed by atoms with Crippen molar-refractivity contribution in [1.29, 1.82) is 5.26 Å². The van der Waals surface area contributed by atoms with E-state index in [2.05, 4.69) is 16.4 Å².